The zero-order chi connectivity index (χ0) is 44.3. The molecule has 8 atom stereocenters. The van der Waals surface area contributed by atoms with E-state index >= 15 is 0 Å². The summed E-state index contributed by atoms with van der Waals surface area (Å²) >= 11 is 0. The van der Waals surface area contributed by atoms with Crippen molar-refractivity contribution in [1.29, 1.82) is 0 Å². The van der Waals surface area contributed by atoms with Crippen molar-refractivity contribution in [3.63, 3.8) is 0 Å². The first kappa shape index (κ1) is 50.3. The average Bonchev–Trinajstić information content (AvgIpc) is 3.83. The van der Waals surface area contributed by atoms with Gasteiger partial charge in [0.1, 0.15) is 49.8 Å². The van der Waals surface area contributed by atoms with Crippen molar-refractivity contribution in [3.05, 3.63) is 108 Å². The molecule has 11 nitrogen and oxygen atoms in total. The summed E-state index contributed by atoms with van der Waals surface area (Å²) in [5.41, 5.74) is 2.89. The van der Waals surface area contributed by atoms with Gasteiger partial charge in [-0.1, -0.05) is 182 Å². The van der Waals surface area contributed by atoms with Crippen LogP contribution >= 0.6 is 0 Å². The fraction of sp³-hybridized carbons (Fsp3) is 0.615. The van der Waals surface area contributed by atoms with E-state index in [0.29, 0.717) is 12.8 Å². The molecule has 0 radical (unpaired) electrons. The fourth-order valence-electron chi connectivity index (χ4n) is 8.08. The SMILES string of the molecule is CCCCCCCCCC(=O)OC[C@H]1O[C@@H](O[C@@H]2[C@@H](OC)O[C@H](COC(=O)CCCCCCCCC)[C@H]2OCc2ccccc2)[C@@H](OCc2ccccc2)[C@@H]1OCc1ccccc1. The van der Waals surface area contributed by atoms with Gasteiger partial charge in [0.15, 0.2) is 12.6 Å². The van der Waals surface area contributed by atoms with Crippen LogP contribution in [0.1, 0.15) is 133 Å². The molecule has 2 aliphatic rings. The zero-order valence-electron chi connectivity index (χ0n) is 38.1. The van der Waals surface area contributed by atoms with Crippen molar-refractivity contribution < 1.29 is 52.2 Å². The summed E-state index contributed by atoms with van der Waals surface area (Å²) in [5, 5.41) is 0. The first-order valence-electron chi connectivity index (χ1n) is 23.8. The molecular weight excluding hydrogens is 801 g/mol. The number of rotatable bonds is 32. The number of hydrogen-bond acceptors (Lipinski definition) is 11. The van der Waals surface area contributed by atoms with Gasteiger partial charge in [-0.2, -0.15) is 0 Å². The first-order valence-corrected chi connectivity index (χ1v) is 23.8. The van der Waals surface area contributed by atoms with Crippen LogP contribution in [-0.4, -0.2) is 81.5 Å². The average molecular weight is 875 g/mol. The lowest BCUT2D eigenvalue weighted by Gasteiger charge is -2.29. The predicted octanol–water partition coefficient (Wildman–Crippen LogP) is 10.6. The van der Waals surface area contributed by atoms with Crippen molar-refractivity contribution in [1.82, 2.24) is 0 Å². The van der Waals surface area contributed by atoms with Gasteiger partial charge < -0.3 is 42.6 Å². The summed E-state index contributed by atoms with van der Waals surface area (Å²) in [6.07, 6.45) is 9.89. The minimum absolute atomic E-state index is 0.0336. The Bertz CT molecular complexity index is 1640. The zero-order valence-corrected chi connectivity index (χ0v) is 38.1. The lowest BCUT2D eigenvalue weighted by Crippen LogP contribution is -2.45. The molecular formula is C52H74O11. The summed E-state index contributed by atoms with van der Waals surface area (Å²) in [6, 6.07) is 29.6. The number of carbonyl (C=O) groups excluding carboxylic acids is 2. The third kappa shape index (κ3) is 18.0. The van der Waals surface area contributed by atoms with Gasteiger partial charge in [0.25, 0.3) is 0 Å². The molecule has 2 saturated heterocycles. The third-order valence-electron chi connectivity index (χ3n) is 11.7. The lowest BCUT2D eigenvalue weighted by molar-refractivity contribution is -0.251. The minimum atomic E-state index is -1.01. The molecule has 0 aromatic heterocycles. The van der Waals surface area contributed by atoms with Gasteiger partial charge in [0.05, 0.1) is 19.8 Å². The topological polar surface area (TPSA) is 117 Å². The molecule has 0 unspecified atom stereocenters. The van der Waals surface area contributed by atoms with E-state index in [1.54, 1.807) is 7.11 Å². The van der Waals surface area contributed by atoms with Gasteiger partial charge in [0, 0.05) is 20.0 Å². The van der Waals surface area contributed by atoms with Crippen molar-refractivity contribution in [2.75, 3.05) is 20.3 Å². The summed E-state index contributed by atoms with van der Waals surface area (Å²) in [6.45, 7) is 5.13. The van der Waals surface area contributed by atoms with Crippen molar-refractivity contribution in [2.45, 2.75) is 186 Å². The largest absolute Gasteiger partial charge is 0.463 e. The summed E-state index contributed by atoms with van der Waals surface area (Å²) < 4.78 is 57.5. The molecule has 348 valence electrons. The molecule has 5 rings (SSSR count). The van der Waals surface area contributed by atoms with E-state index in [-0.39, 0.29) is 45.0 Å². The Balaban J connectivity index is 1.32. The number of unbranched alkanes of at least 4 members (excludes halogenated alkanes) is 12. The molecule has 0 spiro atoms. The Morgan fingerprint density at radius 3 is 1.24 bits per heavy atom. The van der Waals surface area contributed by atoms with Crippen molar-refractivity contribution in [3.8, 4) is 0 Å². The maximum Gasteiger partial charge on any atom is 0.305 e. The molecule has 2 aliphatic heterocycles. The third-order valence-corrected chi connectivity index (χ3v) is 11.7. The van der Waals surface area contributed by atoms with Gasteiger partial charge in [-0.05, 0) is 29.5 Å². The molecule has 0 N–H and O–H groups in total. The molecule has 11 heteroatoms. The molecule has 3 aromatic rings. The van der Waals surface area contributed by atoms with E-state index in [1.165, 1.54) is 51.4 Å². The van der Waals surface area contributed by atoms with Gasteiger partial charge >= 0.3 is 11.9 Å². The molecule has 3 aromatic carbocycles. The molecule has 0 amide bonds. The molecule has 0 saturated carbocycles. The number of esters is 2. The van der Waals surface area contributed by atoms with Crippen LogP contribution in [-0.2, 0) is 72.0 Å². The van der Waals surface area contributed by atoms with Crippen LogP contribution in [0.15, 0.2) is 91.0 Å². The number of carbonyl (C=O) groups is 2. The second kappa shape index (κ2) is 29.7. The quantitative estimate of drug-likeness (QED) is 0.0441. The molecule has 2 fully saturated rings. The maximum atomic E-state index is 13.1. The Hall–Kier alpha value is -3.68. The Morgan fingerprint density at radius 2 is 0.825 bits per heavy atom. The normalized spacial score (nSPS) is 23.2. The van der Waals surface area contributed by atoms with Crippen LogP contribution in [0.4, 0.5) is 0 Å². The second-order valence-corrected chi connectivity index (χ2v) is 16.8. The number of hydrogen-bond donors (Lipinski definition) is 0. The smallest absolute Gasteiger partial charge is 0.305 e. The number of ether oxygens (including phenoxy) is 9. The van der Waals surface area contributed by atoms with E-state index in [9.17, 15) is 9.59 Å². The van der Waals surface area contributed by atoms with Gasteiger partial charge in [-0.15, -0.1) is 0 Å². The van der Waals surface area contributed by atoms with E-state index in [4.69, 9.17) is 42.6 Å². The fourth-order valence-corrected chi connectivity index (χ4v) is 8.08. The molecule has 2 heterocycles. The molecule has 63 heavy (non-hydrogen) atoms. The van der Waals surface area contributed by atoms with Gasteiger partial charge in [0.2, 0.25) is 0 Å². The van der Waals surface area contributed by atoms with Crippen LogP contribution in [0.5, 0.6) is 0 Å². The number of methoxy groups -OCH3 is 1. The van der Waals surface area contributed by atoms with Crippen LogP contribution in [0, 0.1) is 0 Å². The highest BCUT2D eigenvalue weighted by molar-refractivity contribution is 5.69. The summed E-state index contributed by atoms with van der Waals surface area (Å²) in [4.78, 5) is 26.1. The van der Waals surface area contributed by atoms with E-state index in [0.717, 1.165) is 55.2 Å². The second-order valence-electron chi connectivity index (χ2n) is 16.8. The van der Waals surface area contributed by atoms with Crippen LogP contribution in [0.25, 0.3) is 0 Å². The monoisotopic (exact) mass is 875 g/mol. The van der Waals surface area contributed by atoms with Gasteiger partial charge in [-0.25, -0.2) is 0 Å². The maximum absolute atomic E-state index is 13.1. The Labute approximate surface area is 376 Å². The Kier molecular flexibility index (Phi) is 23.7. The summed E-state index contributed by atoms with van der Waals surface area (Å²) in [7, 11) is 1.54. The van der Waals surface area contributed by atoms with Crippen LogP contribution in [0.3, 0.4) is 0 Å². The number of benzene rings is 3. The van der Waals surface area contributed by atoms with E-state index in [1.807, 2.05) is 91.0 Å². The molecule has 0 aliphatic carbocycles. The lowest BCUT2D eigenvalue weighted by atomic mass is 10.1. The standard InChI is InChI=1S/C52H74O11/c1-4-6-8-10-12-14-25-33-45(53)56-38-43-47(58-35-40-27-19-16-20-28-40)49(60-37-42-31-23-18-24-32-42)52(62-43)63-50-48(59-36-41-29-21-17-22-30-41)44(61-51(50)55-3)39-57-46(54)34-26-15-13-11-9-7-5-2/h16-24,27-32,43-44,47-52H,4-15,25-26,33-39H2,1-3H3/t43-,44-,47-,48-,49+,50+,51+,52+/m1/s1. The van der Waals surface area contributed by atoms with E-state index in [2.05, 4.69) is 13.8 Å². The first-order chi connectivity index (χ1) is 31.0. The van der Waals surface area contributed by atoms with Crippen molar-refractivity contribution >= 4 is 11.9 Å². The summed E-state index contributed by atoms with van der Waals surface area (Å²) in [5.74, 6) is -0.550. The highest BCUT2D eigenvalue weighted by Gasteiger charge is 2.54. The highest BCUT2D eigenvalue weighted by atomic mass is 16.8. The predicted molar refractivity (Wildman–Crippen MR) is 241 cm³/mol. The van der Waals surface area contributed by atoms with Crippen molar-refractivity contribution in [2.24, 2.45) is 0 Å². The van der Waals surface area contributed by atoms with Gasteiger partial charge in [-0.3, -0.25) is 9.59 Å². The minimum Gasteiger partial charge on any atom is -0.463 e. The van der Waals surface area contributed by atoms with Crippen LogP contribution < -0.4 is 0 Å². The Morgan fingerprint density at radius 1 is 0.460 bits per heavy atom. The molecule has 0 bridgehead atoms. The van der Waals surface area contributed by atoms with E-state index < -0.39 is 49.2 Å². The van der Waals surface area contributed by atoms with Crippen LogP contribution in [0.2, 0.25) is 0 Å². The highest BCUT2D eigenvalue weighted by Crippen LogP contribution is 2.36.